The van der Waals surface area contributed by atoms with Gasteiger partial charge < -0.3 is 18.9 Å². The Morgan fingerprint density at radius 3 is 2.07 bits per heavy atom. The van der Waals surface area contributed by atoms with E-state index in [-0.39, 0.29) is 5.56 Å². The summed E-state index contributed by atoms with van der Waals surface area (Å²) >= 11 is 1.33. The quantitative estimate of drug-likeness (QED) is 0.600. The van der Waals surface area contributed by atoms with Crippen molar-refractivity contribution in [1.82, 2.24) is 10.4 Å². The third-order valence-electron chi connectivity index (χ3n) is 3.85. The highest BCUT2D eigenvalue weighted by Gasteiger charge is 2.19. The standard InChI is InChI=1S/C18H19N3O5S/c1-23-10-6-5-7-11(24-2)14(10)17(22)20-21-18-19-15-12(25-3)8-9-13(26-4)16(15)27-18/h5-9H,1-4H3,(H,19,21)(H,20,22). The molecular weight excluding hydrogens is 370 g/mol. The van der Waals surface area contributed by atoms with Crippen molar-refractivity contribution in [3.8, 4) is 23.0 Å². The number of hydrogen-bond acceptors (Lipinski definition) is 8. The molecule has 3 aromatic rings. The number of hydrazine groups is 1. The molecule has 2 aromatic carbocycles. The van der Waals surface area contributed by atoms with Gasteiger partial charge in [-0.25, -0.2) is 4.98 Å². The van der Waals surface area contributed by atoms with Gasteiger partial charge in [-0.2, -0.15) is 0 Å². The molecule has 0 spiro atoms. The fraction of sp³-hybridized carbons (Fsp3) is 0.222. The normalized spacial score (nSPS) is 10.4. The lowest BCUT2D eigenvalue weighted by Crippen LogP contribution is -2.30. The van der Waals surface area contributed by atoms with Crippen LogP contribution in [0, 0.1) is 0 Å². The van der Waals surface area contributed by atoms with E-state index in [1.807, 2.05) is 0 Å². The van der Waals surface area contributed by atoms with Crippen molar-refractivity contribution < 1.29 is 23.7 Å². The van der Waals surface area contributed by atoms with Gasteiger partial charge in [-0.15, -0.1) is 0 Å². The molecule has 0 saturated heterocycles. The van der Waals surface area contributed by atoms with Crippen molar-refractivity contribution in [3.63, 3.8) is 0 Å². The molecule has 0 radical (unpaired) electrons. The summed E-state index contributed by atoms with van der Waals surface area (Å²) in [6.45, 7) is 0. The van der Waals surface area contributed by atoms with Crippen molar-refractivity contribution >= 4 is 32.6 Å². The van der Waals surface area contributed by atoms with Crippen LogP contribution >= 0.6 is 11.3 Å². The minimum absolute atomic E-state index is 0.284. The van der Waals surface area contributed by atoms with E-state index in [0.29, 0.717) is 33.6 Å². The second-order valence-corrected chi connectivity index (χ2v) is 6.28. The number of rotatable bonds is 7. The molecule has 0 aliphatic carbocycles. The highest BCUT2D eigenvalue weighted by Crippen LogP contribution is 2.38. The van der Waals surface area contributed by atoms with Crippen molar-refractivity contribution in [1.29, 1.82) is 0 Å². The van der Waals surface area contributed by atoms with E-state index in [1.165, 1.54) is 25.6 Å². The number of aromatic nitrogens is 1. The van der Waals surface area contributed by atoms with Gasteiger partial charge in [-0.05, 0) is 24.3 Å². The molecule has 0 aliphatic rings. The molecule has 142 valence electrons. The topological polar surface area (TPSA) is 90.9 Å². The van der Waals surface area contributed by atoms with Crippen LogP contribution in [0.2, 0.25) is 0 Å². The zero-order chi connectivity index (χ0) is 19.4. The molecule has 1 aromatic heterocycles. The molecule has 8 nitrogen and oxygen atoms in total. The van der Waals surface area contributed by atoms with E-state index in [0.717, 1.165) is 4.70 Å². The predicted molar refractivity (Wildman–Crippen MR) is 103 cm³/mol. The summed E-state index contributed by atoms with van der Waals surface area (Å²) in [6.07, 6.45) is 0. The van der Waals surface area contributed by atoms with Gasteiger partial charge in [0.25, 0.3) is 5.91 Å². The molecule has 0 saturated carbocycles. The Hall–Kier alpha value is -3.20. The lowest BCUT2D eigenvalue weighted by molar-refractivity contribution is 0.0956. The monoisotopic (exact) mass is 389 g/mol. The first-order valence-electron chi connectivity index (χ1n) is 7.91. The Balaban J connectivity index is 1.86. The summed E-state index contributed by atoms with van der Waals surface area (Å²) in [5.41, 5.74) is 6.37. The first-order valence-corrected chi connectivity index (χ1v) is 8.73. The molecule has 9 heteroatoms. The van der Waals surface area contributed by atoms with Crippen LogP contribution in [0.4, 0.5) is 5.13 Å². The lowest BCUT2D eigenvalue weighted by Gasteiger charge is -2.13. The van der Waals surface area contributed by atoms with Gasteiger partial charge in [0.2, 0.25) is 5.13 Å². The van der Waals surface area contributed by atoms with E-state index in [4.69, 9.17) is 18.9 Å². The van der Waals surface area contributed by atoms with Crippen LogP contribution in [0.15, 0.2) is 30.3 Å². The van der Waals surface area contributed by atoms with Crippen LogP contribution in [0.5, 0.6) is 23.0 Å². The van der Waals surface area contributed by atoms with Gasteiger partial charge in [0.05, 0.1) is 28.4 Å². The van der Waals surface area contributed by atoms with Gasteiger partial charge in [0.15, 0.2) is 0 Å². The van der Waals surface area contributed by atoms with E-state index < -0.39 is 5.91 Å². The van der Waals surface area contributed by atoms with Crippen molar-refractivity contribution in [2.75, 3.05) is 33.9 Å². The molecule has 0 unspecified atom stereocenters. The number of ether oxygens (including phenoxy) is 4. The molecule has 1 heterocycles. The minimum atomic E-state index is -0.414. The number of amides is 1. The maximum Gasteiger partial charge on any atom is 0.277 e. The van der Waals surface area contributed by atoms with Crippen LogP contribution in [-0.4, -0.2) is 39.3 Å². The number of benzene rings is 2. The van der Waals surface area contributed by atoms with Crippen LogP contribution in [0.1, 0.15) is 10.4 Å². The zero-order valence-corrected chi connectivity index (χ0v) is 16.1. The van der Waals surface area contributed by atoms with E-state index in [9.17, 15) is 4.79 Å². The number of methoxy groups -OCH3 is 4. The van der Waals surface area contributed by atoms with E-state index in [1.54, 1.807) is 44.6 Å². The lowest BCUT2D eigenvalue weighted by atomic mass is 10.1. The summed E-state index contributed by atoms with van der Waals surface area (Å²) in [4.78, 5) is 17.1. The number of thiazole rings is 1. The Labute approximate surface area is 160 Å². The maximum atomic E-state index is 12.6. The van der Waals surface area contributed by atoms with E-state index in [2.05, 4.69) is 15.8 Å². The highest BCUT2D eigenvalue weighted by molar-refractivity contribution is 7.22. The number of fused-ring (bicyclic) bond motifs is 1. The smallest absolute Gasteiger partial charge is 0.277 e. The van der Waals surface area contributed by atoms with Crippen LogP contribution < -0.4 is 29.8 Å². The van der Waals surface area contributed by atoms with Gasteiger partial charge in [-0.1, -0.05) is 17.4 Å². The first-order chi connectivity index (χ1) is 13.1. The number of anilines is 1. The Morgan fingerprint density at radius 1 is 0.889 bits per heavy atom. The van der Waals surface area contributed by atoms with Crippen LogP contribution in [-0.2, 0) is 0 Å². The number of carbonyl (C=O) groups excluding carboxylic acids is 1. The van der Waals surface area contributed by atoms with Gasteiger partial charge in [-0.3, -0.25) is 15.6 Å². The van der Waals surface area contributed by atoms with Crippen molar-refractivity contribution in [2.45, 2.75) is 0 Å². The summed E-state index contributed by atoms with van der Waals surface area (Å²) < 4.78 is 22.0. The number of carbonyl (C=O) groups is 1. The largest absolute Gasteiger partial charge is 0.496 e. The fourth-order valence-electron chi connectivity index (χ4n) is 2.59. The van der Waals surface area contributed by atoms with Gasteiger partial charge in [0.1, 0.15) is 38.8 Å². The molecule has 0 bridgehead atoms. The van der Waals surface area contributed by atoms with Gasteiger partial charge >= 0.3 is 0 Å². The maximum absolute atomic E-state index is 12.6. The molecular formula is C18H19N3O5S. The van der Waals surface area contributed by atoms with Crippen molar-refractivity contribution in [2.24, 2.45) is 0 Å². The third kappa shape index (κ3) is 3.54. The Kier molecular flexibility index (Phi) is 5.51. The molecule has 0 fully saturated rings. The van der Waals surface area contributed by atoms with Crippen LogP contribution in [0.3, 0.4) is 0 Å². The Bertz CT molecular complexity index is 910. The number of hydrogen-bond donors (Lipinski definition) is 2. The second-order valence-electron chi connectivity index (χ2n) is 5.28. The number of nitrogens with one attached hydrogen (secondary N) is 2. The molecule has 0 aliphatic heterocycles. The molecule has 0 atom stereocenters. The summed E-state index contributed by atoms with van der Waals surface area (Å²) in [5, 5.41) is 0.481. The van der Waals surface area contributed by atoms with Gasteiger partial charge in [0, 0.05) is 0 Å². The third-order valence-corrected chi connectivity index (χ3v) is 4.83. The van der Waals surface area contributed by atoms with Crippen LogP contribution in [0.25, 0.3) is 10.2 Å². The zero-order valence-electron chi connectivity index (χ0n) is 15.3. The number of nitrogens with zero attached hydrogens (tertiary/aromatic N) is 1. The molecule has 3 rings (SSSR count). The average Bonchev–Trinajstić information content (AvgIpc) is 3.14. The minimum Gasteiger partial charge on any atom is -0.496 e. The van der Waals surface area contributed by atoms with E-state index >= 15 is 0 Å². The molecule has 1 amide bonds. The SMILES string of the molecule is COc1cccc(OC)c1C(=O)NNc1nc2c(OC)ccc(OC)c2s1. The fourth-order valence-corrected chi connectivity index (χ4v) is 3.51. The van der Waals surface area contributed by atoms with Crippen molar-refractivity contribution in [3.05, 3.63) is 35.9 Å². The Morgan fingerprint density at radius 2 is 1.48 bits per heavy atom. The summed E-state index contributed by atoms with van der Waals surface area (Å²) in [7, 11) is 6.14. The summed E-state index contributed by atoms with van der Waals surface area (Å²) in [6, 6.07) is 8.70. The molecule has 27 heavy (non-hydrogen) atoms. The first kappa shape index (κ1) is 18.6. The second kappa shape index (κ2) is 8.00. The average molecular weight is 389 g/mol. The summed E-state index contributed by atoms with van der Waals surface area (Å²) in [5.74, 6) is 1.69. The predicted octanol–water partition coefficient (Wildman–Crippen LogP) is 3.09. The molecule has 2 N–H and O–H groups in total. The highest BCUT2D eigenvalue weighted by atomic mass is 32.1.